The number of nitrogens with one attached hydrogen (secondary N) is 1. The highest BCUT2D eigenvalue weighted by molar-refractivity contribution is 7.86. The van der Waals surface area contributed by atoms with Gasteiger partial charge in [-0.25, -0.2) is 0 Å². The lowest BCUT2D eigenvalue weighted by molar-refractivity contribution is -0.282. The van der Waals surface area contributed by atoms with Gasteiger partial charge in [-0.2, -0.15) is 8.42 Å². The van der Waals surface area contributed by atoms with Crippen LogP contribution >= 0.6 is 0 Å². The van der Waals surface area contributed by atoms with Crippen LogP contribution in [0.5, 0.6) is 0 Å². The lowest BCUT2D eigenvalue weighted by Gasteiger charge is -2.46. The van der Waals surface area contributed by atoms with Crippen LogP contribution in [-0.4, -0.2) is 51.6 Å². The van der Waals surface area contributed by atoms with Gasteiger partial charge in [0.2, 0.25) is 5.91 Å². The maximum Gasteiger partial charge on any atom is 0.297 e. The third-order valence-corrected chi connectivity index (χ3v) is 11.4. The molecule has 1 heterocycles. The first-order chi connectivity index (χ1) is 28.2. The summed E-state index contributed by atoms with van der Waals surface area (Å²) in [6.07, 6.45) is -4.65. The molecule has 0 radical (unpaired) electrons. The lowest BCUT2D eigenvalue weighted by Crippen LogP contribution is -2.66. The molecule has 7 rings (SSSR count). The molecule has 10 heteroatoms. The standard InChI is InChI=1S/C48H47NO8S/c1-35-28-30-42(31-29-35)58(51,52)57-45-43(34-55-48(39-22-12-5-13-23-39,40-24-14-6-15-25-40)41-26-16-7-17-27-41)56-47(54-33-38-20-10-4-11-21-38)44(49-36(2)50)46(45)53-32-37-18-8-3-9-19-37/h3-31,43-47H,32-34H2,1-2H3,(H,49,50). The van der Waals surface area contributed by atoms with Gasteiger partial charge >= 0.3 is 0 Å². The highest BCUT2D eigenvalue weighted by atomic mass is 32.2. The molecule has 1 fully saturated rings. The van der Waals surface area contributed by atoms with Crippen LogP contribution in [0.3, 0.4) is 0 Å². The van der Waals surface area contributed by atoms with E-state index in [1.165, 1.54) is 19.1 Å². The third kappa shape index (κ3) is 9.62. The van der Waals surface area contributed by atoms with E-state index in [0.717, 1.165) is 33.4 Å². The number of carbonyl (C=O) groups excluding carboxylic acids is 1. The topological polar surface area (TPSA) is 109 Å². The summed E-state index contributed by atoms with van der Waals surface area (Å²) in [5, 5.41) is 2.96. The predicted octanol–water partition coefficient (Wildman–Crippen LogP) is 8.11. The molecule has 1 aliphatic rings. The van der Waals surface area contributed by atoms with Crippen molar-refractivity contribution in [3.63, 3.8) is 0 Å². The quantitative estimate of drug-likeness (QED) is 0.0774. The van der Waals surface area contributed by atoms with Gasteiger partial charge in [0.25, 0.3) is 10.1 Å². The molecule has 58 heavy (non-hydrogen) atoms. The van der Waals surface area contributed by atoms with E-state index in [2.05, 4.69) is 5.32 Å². The Hall–Kier alpha value is -5.46. The van der Waals surface area contributed by atoms with Gasteiger partial charge in [0.15, 0.2) is 6.29 Å². The fourth-order valence-corrected chi connectivity index (χ4v) is 8.39. The molecule has 1 aliphatic heterocycles. The van der Waals surface area contributed by atoms with E-state index in [4.69, 9.17) is 23.1 Å². The number of ether oxygens (including phenoxy) is 4. The van der Waals surface area contributed by atoms with Crippen molar-refractivity contribution in [2.75, 3.05) is 6.61 Å². The fraction of sp³-hybridized carbons (Fsp3) is 0.229. The number of benzene rings is 6. The summed E-state index contributed by atoms with van der Waals surface area (Å²) in [6.45, 7) is 3.28. The zero-order chi connectivity index (χ0) is 40.4. The van der Waals surface area contributed by atoms with Crippen LogP contribution in [0.1, 0.15) is 40.3 Å². The fourth-order valence-electron chi connectivity index (χ4n) is 7.28. The Balaban J connectivity index is 1.35. The van der Waals surface area contributed by atoms with Gasteiger partial charge in [-0.1, -0.05) is 169 Å². The first kappa shape index (κ1) is 40.7. The largest absolute Gasteiger partial charge is 0.368 e. The van der Waals surface area contributed by atoms with Crippen molar-refractivity contribution in [3.8, 4) is 0 Å². The molecule has 5 atom stereocenters. The molecule has 0 aliphatic carbocycles. The summed E-state index contributed by atoms with van der Waals surface area (Å²) >= 11 is 0. The van der Waals surface area contributed by atoms with Crippen LogP contribution in [0, 0.1) is 6.92 Å². The zero-order valence-electron chi connectivity index (χ0n) is 32.4. The Bertz CT molecular complexity index is 2200. The Kier molecular flexibility index (Phi) is 13.2. The highest BCUT2D eigenvalue weighted by Crippen LogP contribution is 2.42. The zero-order valence-corrected chi connectivity index (χ0v) is 33.2. The van der Waals surface area contributed by atoms with Crippen molar-refractivity contribution in [1.82, 2.24) is 5.32 Å². The average molecular weight is 798 g/mol. The summed E-state index contributed by atoms with van der Waals surface area (Å²) in [4.78, 5) is 12.9. The van der Waals surface area contributed by atoms with E-state index in [1.54, 1.807) is 12.1 Å². The van der Waals surface area contributed by atoms with E-state index in [0.29, 0.717) is 0 Å². The van der Waals surface area contributed by atoms with Gasteiger partial charge < -0.3 is 24.3 Å². The van der Waals surface area contributed by atoms with Gasteiger partial charge in [-0.05, 0) is 46.9 Å². The van der Waals surface area contributed by atoms with Crippen molar-refractivity contribution in [1.29, 1.82) is 0 Å². The Morgan fingerprint density at radius 3 is 1.53 bits per heavy atom. The van der Waals surface area contributed by atoms with E-state index >= 15 is 0 Å². The molecular weight excluding hydrogens is 751 g/mol. The Labute approximate surface area is 340 Å². The number of carbonyl (C=O) groups is 1. The Morgan fingerprint density at radius 2 is 1.07 bits per heavy atom. The molecule has 9 nitrogen and oxygen atoms in total. The van der Waals surface area contributed by atoms with Crippen LogP contribution < -0.4 is 5.32 Å². The molecule has 1 amide bonds. The molecule has 0 saturated carbocycles. The minimum atomic E-state index is -4.43. The second-order valence-electron chi connectivity index (χ2n) is 14.2. The first-order valence-corrected chi connectivity index (χ1v) is 20.7. The van der Waals surface area contributed by atoms with Gasteiger partial charge in [-0.3, -0.25) is 8.98 Å². The van der Waals surface area contributed by atoms with Crippen LogP contribution in [-0.2, 0) is 56.9 Å². The number of aryl methyl sites for hydroxylation is 1. The van der Waals surface area contributed by atoms with Crippen LogP contribution in [0.25, 0.3) is 0 Å². The molecule has 5 unspecified atom stereocenters. The maximum atomic E-state index is 14.3. The monoisotopic (exact) mass is 797 g/mol. The normalized spacial score (nSPS) is 19.7. The van der Waals surface area contributed by atoms with Gasteiger partial charge in [-0.15, -0.1) is 0 Å². The minimum Gasteiger partial charge on any atom is -0.368 e. The van der Waals surface area contributed by atoms with Gasteiger partial charge in [0.1, 0.15) is 30.0 Å². The van der Waals surface area contributed by atoms with Crippen molar-refractivity contribution < 1.29 is 36.3 Å². The molecule has 6 aromatic carbocycles. The van der Waals surface area contributed by atoms with E-state index in [-0.39, 0.29) is 30.6 Å². The van der Waals surface area contributed by atoms with Crippen LogP contribution in [0.2, 0.25) is 0 Å². The molecule has 0 spiro atoms. The van der Waals surface area contributed by atoms with Crippen LogP contribution in [0.4, 0.5) is 0 Å². The van der Waals surface area contributed by atoms with Crippen molar-refractivity contribution in [2.45, 2.75) is 68.2 Å². The average Bonchev–Trinajstić information content (AvgIpc) is 3.25. The first-order valence-electron chi connectivity index (χ1n) is 19.3. The van der Waals surface area contributed by atoms with Gasteiger partial charge in [0, 0.05) is 6.92 Å². The molecule has 0 bridgehead atoms. The van der Waals surface area contributed by atoms with Crippen molar-refractivity contribution in [2.24, 2.45) is 0 Å². The molecule has 6 aromatic rings. The molecular formula is C48H47NO8S. The molecule has 1 N–H and O–H groups in total. The van der Waals surface area contributed by atoms with Gasteiger partial charge in [0.05, 0.1) is 24.7 Å². The van der Waals surface area contributed by atoms with Crippen molar-refractivity contribution in [3.05, 3.63) is 209 Å². The smallest absolute Gasteiger partial charge is 0.297 e. The number of rotatable bonds is 16. The third-order valence-electron chi connectivity index (χ3n) is 10.1. The molecule has 1 saturated heterocycles. The maximum absolute atomic E-state index is 14.3. The lowest BCUT2D eigenvalue weighted by atomic mass is 9.80. The highest BCUT2D eigenvalue weighted by Gasteiger charge is 2.52. The summed E-state index contributed by atoms with van der Waals surface area (Å²) < 4.78 is 62.0. The number of amides is 1. The summed E-state index contributed by atoms with van der Waals surface area (Å²) in [5.74, 6) is -0.388. The number of hydrogen-bond donors (Lipinski definition) is 1. The summed E-state index contributed by atoms with van der Waals surface area (Å²) in [5.41, 5.74) is 3.95. The summed E-state index contributed by atoms with van der Waals surface area (Å²) in [7, 11) is -4.43. The number of hydrogen-bond acceptors (Lipinski definition) is 8. The minimum absolute atomic E-state index is 0.0368. The SMILES string of the molecule is CC(=O)NC1C(OCc2ccccc2)OC(COC(c2ccccc2)(c2ccccc2)c2ccccc2)C(OS(=O)(=O)c2ccc(C)cc2)C1OCc1ccccc1. The summed E-state index contributed by atoms with van der Waals surface area (Å²) in [6, 6.07) is 54.1. The van der Waals surface area contributed by atoms with Crippen molar-refractivity contribution >= 4 is 16.0 Å². The second kappa shape index (κ2) is 18.9. The molecule has 298 valence electrons. The van der Waals surface area contributed by atoms with E-state index in [9.17, 15) is 13.2 Å². The van der Waals surface area contributed by atoms with E-state index in [1.807, 2.05) is 159 Å². The van der Waals surface area contributed by atoms with Crippen LogP contribution in [0.15, 0.2) is 181 Å². The second-order valence-corrected chi connectivity index (χ2v) is 15.8. The Morgan fingerprint density at radius 1 is 0.621 bits per heavy atom. The molecule has 0 aromatic heterocycles. The predicted molar refractivity (Wildman–Crippen MR) is 221 cm³/mol. The van der Waals surface area contributed by atoms with E-state index < -0.39 is 46.4 Å².